The molecular weight excluding hydrogens is 340 g/mol. The Kier molecular flexibility index (Phi) is 5.22. The molecule has 1 saturated heterocycles. The number of aromatic nitrogens is 3. The lowest BCUT2D eigenvalue weighted by molar-refractivity contribution is -0.125. The van der Waals surface area contributed by atoms with Gasteiger partial charge in [-0.15, -0.1) is 10.2 Å². The Morgan fingerprint density at radius 1 is 1.19 bits per heavy atom. The Labute approximate surface area is 160 Å². The lowest BCUT2D eigenvalue weighted by Crippen LogP contribution is -2.48. The number of carbonyl (C=O) groups excluding carboxylic acids is 1. The minimum Gasteiger partial charge on any atom is -0.346 e. The van der Waals surface area contributed by atoms with Crippen molar-refractivity contribution in [1.82, 2.24) is 29.9 Å². The maximum atomic E-state index is 13.1. The fourth-order valence-corrected chi connectivity index (χ4v) is 4.11. The third-order valence-corrected chi connectivity index (χ3v) is 5.75. The quantitative estimate of drug-likeness (QED) is 0.858. The average Bonchev–Trinajstić information content (AvgIpc) is 3.27. The first kappa shape index (κ1) is 18.1. The van der Waals surface area contributed by atoms with Crippen LogP contribution in [-0.2, 0) is 11.2 Å². The molecule has 1 aromatic carbocycles. The van der Waals surface area contributed by atoms with E-state index in [0.29, 0.717) is 0 Å². The number of carbonyl (C=O) groups is 1. The highest BCUT2D eigenvalue weighted by molar-refractivity contribution is 5.81. The van der Waals surface area contributed by atoms with E-state index in [4.69, 9.17) is 0 Å². The molecule has 3 heterocycles. The Morgan fingerprint density at radius 3 is 2.67 bits per heavy atom. The van der Waals surface area contributed by atoms with Gasteiger partial charge in [0.2, 0.25) is 5.91 Å². The second kappa shape index (κ2) is 7.78. The maximum Gasteiger partial charge on any atom is 0.243 e. The van der Waals surface area contributed by atoms with Crippen molar-refractivity contribution in [3.8, 4) is 0 Å². The number of hydrogen-bond donors (Lipinski definition) is 1. The first-order valence-corrected chi connectivity index (χ1v) is 9.78. The Morgan fingerprint density at radius 2 is 1.93 bits per heavy atom. The number of benzene rings is 1. The van der Waals surface area contributed by atoms with Crippen molar-refractivity contribution < 1.29 is 4.79 Å². The highest BCUT2D eigenvalue weighted by Gasteiger charge is 2.32. The van der Waals surface area contributed by atoms with Gasteiger partial charge in [0.25, 0.3) is 0 Å². The molecule has 0 bridgehead atoms. The van der Waals surface area contributed by atoms with Gasteiger partial charge < -0.3 is 14.8 Å². The first-order chi connectivity index (χ1) is 13.1. The highest BCUT2D eigenvalue weighted by atomic mass is 16.2. The summed E-state index contributed by atoms with van der Waals surface area (Å²) in [5, 5.41) is 11.6. The van der Waals surface area contributed by atoms with Crippen LogP contribution in [0.4, 0.5) is 0 Å². The minimum absolute atomic E-state index is 0.0112. The second-order valence-electron chi connectivity index (χ2n) is 7.66. The van der Waals surface area contributed by atoms with E-state index in [1.54, 1.807) is 0 Å². The molecule has 2 aliphatic rings. The summed E-state index contributed by atoms with van der Waals surface area (Å²) in [6, 6.07) is 10.1. The molecule has 1 amide bonds. The topological polar surface area (TPSA) is 66.3 Å². The van der Waals surface area contributed by atoms with Crippen LogP contribution >= 0.6 is 0 Å². The third kappa shape index (κ3) is 3.89. The fourth-order valence-electron chi connectivity index (χ4n) is 4.11. The van der Waals surface area contributed by atoms with Crippen LogP contribution in [0.25, 0.3) is 0 Å². The number of fused-ring (bicyclic) bond motifs is 1. The molecule has 0 saturated carbocycles. The molecule has 2 aromatic rings. The van der Waals surface area contributed by atoms with Crippen molar-refractivity contribution in [2.45, 2.75) is 31.8 Å². The van der Waals surface area contributed by atoms with Gasteiger partial charge in [-0.25, -0.2) is 0 Å². The molecule has 2 unspecified atom stereocenters. The molecule has 1 N–H and O–H groups in total. The highest BCUT2D eigenvalue weighted by Crippen LogP contribution is 2.27. The van der Waals surface area contributed by atoms with Crippen LogP contribution < -0.4 is 5.32 Å². The van der Waals surface area contributed by atoms with Gasteiger partial charge in [-0.1, -0.05) is 30.3 Å². The van der Waals surface area contributed by atoms with E-state index >= 15 is 0 Å². The van der Waals surface area contributed by atoms with E-state index in [1.165, 1.54) is 0 Å². The van der Waals surface area contributed by atoms with E-state index in [2.05, 4.69) is 44.5 Å². The Hall–Kier alpha value is -2.25. The fraction of sp³-hybridized carbons (Fsp3) is 0.550. The number of piperazine rings is 1. The van der Waals surface area contributed by atoms with Crippen LogP contribution in [0.1, 0.15) is 35.7 Å². The molecule has 0 radical (unpaired) electrons. The molecule has 1 aromatic heterocycles. The number of nitrogens with zero attached hydrogens (tertiary/aromatic N) is 5. The number of aryl methyl sites for hydroxylation is 2. The molecule has 2 aliphatic heterocycles. The van der Waals surface area contributed by atoms with Gasteiger partial charge in [-0.05, 0) is 26.0 Å². The maximum absolute atomic E-state index is 13.1. The summed E-state index contributed by atoms with van der Waals surface area (Å²) in [6.07, 6.45) is 1.61. The molecule has 1 fully saturated rings. The molecule has 0 aliphatic carbocycles. The summed E-state index contributed by atoms with van der Waals surface area (Å²) in [6.45, 7) is 6.97. The van der Waals surface area contributed by atoms with E-state index in [9.17, 15) is 4.79 Å². The molecule has 27 heavy (non-hydrogen) atoms. The SMILES string of the molecule is Cc1nnc2n1C(C(=O)NC(CN1CCN(C)CC1)c1ccccc1)CC2. The lowest BCUT2D eigenvalue weighted by Gasteiger charge is -2.35. The van der Waals surface area contributed by atoms with E-state index in [0.717, 1.165) is 62.8 Å². The number of amides is 1. The van der Waals surface area contributed by atoms with Crippen LogP contribution in [0.15, 0.2) is 30.3 Å². The standard InChI is InChI=1S/C20H28N6O/c1-15-22-23-19-9-8-18(26(15)19)20(27)21-17(16-6-4-3-5-7-16)14-25-12-10-24(2)11-13-25/h3-7,17-18H,8-14H2,1-2H3,(H,21,27). The number of likely N-dealkylation sites (N-methyl/N-ethyl adjacent to an activating group) is 1. The summed E-state index contributed by atoms with van der Waals surface area (Å²) in [5.74, 6) is 1.81. The van der Waals surface area contributed by atoms with Gasteiger partial charge in [0, 0.05) is 39.1 Å². The molecule has 144 valence electrons. The van der Waals surface area contributed by atoms with Crippen LogP contribution in [0.5, 0.6) is 0 Å². The van der Waals surface area contributed by atoms with Crippen LogP contribution in [0.2, 0.25) is 0 Å². The predicted molar refractivity (Wildman–Crippen MR) is 103 cm³/mol. The minimum atomic E-state index is -0.200. The monoisotopic (exact) mass is 368 g/mol. The third-order valence-electron chi connectivity index (χ3n) is 5.75. The predicted octanol–water partition coefficient (Wildman–Crippen LogP) is 1.18. The van der Waals surface area contributed by atoms with Gasteiger partial charge in [0.15, 0.2) is 0 Å². The molecule has 2 atom stereocenters. The zero-order valence-electron chi connectivity index (χ0n) is 16.1. The number of hydrogen-bond acceptors (Lipinski definition) is 5. The van der Waals surface area contributed by atoms with Crippen molar-refractivity contribution in [3.63, 3.8) is 0 Å². The van der Waals surface area contributed by atoms with E-state index in [1.807, 2.05) is 29.7 Å². The van der Waals surface area contributed by atoms with Crippen molar-refractivity contribution in [3.05, 3.63) is 47.5 Å². The number of rotatable bonds is 5. The first-order valence-electron chi connectivity index (χ1n) is 9.78. The van der Waals surface area contributed by atoms with Gasteiger partial charge in [0.1, 0.15) is 17.7 Å². The number of nitrogens with one attached hydrogen (secondary N) is 1. The van der Waals surface area contributed by atoms with Crippen molar-refractivity contribution in [2.24, 2.45) is 0 Å². The molecule has 7 heteroatoms. The smallest absolute Gasteiger partial charge is 0.243 e. The van der Waals surface area contributed by atoms with Crippen LogP contribution in [0.3, 0.4) is 0 Å². The summed E-state index contributed by atoms with van der Waals surface area (Å²) < 4.78 is 1.99. The molecule has 0 spiro atoms. The van der Waals surface area contributed by atoms with E-state index < -0.39 is 0 Å². The van der Waals surface area contributed by atoms with Crippen molar-refractivity contribution in [2.75, 3.05) is 39.8 Å². The lowest BCUT2D eigenvalue weighted by atomic mass is 10.0. The molecule has 7 nitrogen and oxygen atoms in total. The second-order valence-corrected chi connectivity index (χ2v) is 7.66. The van der Waals surface area contributed by atoms with Gasteiger partial charge in [-0.2, -0.15) is 0 Å². The molecule has 4 rings (SSSR count). The summed E-state index contributed by atoms with van der Waals surface area (Å²) in [7, 11) is 2.16. The van der Waals surface area contributed by atoms with E-state index in [-0.39, 0.29) is 18.0 Å². The van der Waals surface area contributed by atoms with Crippen molar-refractivity contribution in [1.29, 1.82) is 0 Å². The van der Waals surface area contributed by atoms with Gasteiger partial charge >= 0.3 is 0 Å². The van der Waals surface area contributed by atoms with Crippen molar-refractivity contribution >= 4 is 5.91 Å². The molecular formula is C20H28N6O. The van der Waals surface area contributed by atoms with Gasteiger partial charge in [0.05, 0.1) is 6.04 Å². The Balaban J connectivity index is 1.49. The van der Waals surface area contributed by atoms with Crippen LogP contribution in [-0.4, -0.2) is 70.2 Å². The summed E-state index contributed by atoms with van der Waals surface area (Å²) in [5.41, 5.74) is 1.16. The summed E-state index contributed by atoms with van der Waals surface area (Å²) >= 11 is 0. The van der Waals surface area contributed by atoms with Gasteiger partial charge in [-0.3, -0.25) is 9.69 Å². The van der Waals surface area contributed by atoms with Crippen LogP contribution in [0, 0.1) is 6.92 Å². The normalized spacial score (nSPS) is 21.8. The zero-order valence-corrected chi connectivity index (χ0v) is 16.1. The zero-order chi connectivity index (χ0) is 18.8. The average molecular weight is 368 g/mol. The Bertz CT molecular complexity index is 781. The summed E-state index contributed by atoms with van der Waals surface area (Å²) in [4.78, 5) is 17.9. The largest absolute Gasteiger partial charge is 0.346 e.